The standard InChI is InChI=1S/C11H10BrClN4O/c12-9-2-1-7(13)3-8(9)11(18)15-4-6-5-16-17-10(6)14/h1-3,5H,4H2,(H,15,18)(H3,14,16,17). The lowest BCUT2D eigenvalue weighted by molar-refractivity contribution is 0.0950. The number of aromatic amines is 1. The lowest BCUT2D eigenvalue weighted by atomic mass is 10.2. The highest BCUT2D eigenvalue weighted by atomic mass is 79.9. The van der Waals surface area contributed by atoms with Crippen LogP contribution in [0.2, 0.25) is 5.02 Å². The SMILES string of the molecule is Nc1[nH]ncc1CNC(=O)c1cc(Cl)ccc1Br. The van der Waals surface area contributed by atoms with E-state index in [0.717, 1.165) is 5.56 Å². The Balaban J connectivity index is 2.08. The average molecular weight is 330 g/mol. The zero-order chi connectivity index (χ0) is 13.1. The maximum absolute atomic E-state index is 12.0. The predicted molar refractivity (Wildman–Crippen MR) is 73.3 cm³/mol. The van der Waals surface area contributed by atoms with Crippen LogP contribution in [-0.4, -0.2) is 16.1 Å². The molecular formula is C11H10BrClN4O. The van der Waals surface area contributed by atoms with Crippen LogP contribution in [0.25, 0.3) is 0 Å². The number of benzene rings is 1. The highest BCUT2D eigenvalue weighted by molar-refractivity contribution is 9.10. The molecule has 1 heterocycles. The van der Waals surface area contributed by atoms with Crippen LogP contribution >= 0.6 is 27.5 Å². The number of rotatable bonds is 3. The van der Waals surface area contributed by atoms with Gasteiger partial charge in [-0.25, -0.2) is 0 Å². The van der Waals surface area contributed by atoms with Gasteiger partial charge < -0.3 is 11.1 Å². The average Bonchev–Trinajstić information content (AvgIpc) is 2.75. The van der Waals surface area contributed by atoms with Gasteiger partial charge in [0.25, 0.3) is 5.91 Å². The van der Waals surface area contributed by atoms with E-state index in [0.29, 0.717) is 27.4 Å². The largest absolute Gasteiger partial charge is 0.384 e. The van der Waals surface area contributed by atoms with Crippen LogP contribution < -0.4 is 11.1 Å². The van der Waals surface area contributed by atoms with Crippen LogP contribution in [0.4, 0.5) is 5.82 Å². The molecule has 18 heavy (non-hydrogen) atoms. The maximum atomic E-state index is 12.0. The molecule has 0 saturated heterocycles. The van der Waals surface area contributed by atoms with Crippen molar-refractivity contribution >= 4 is 39.3 Å². The van der Waals surface area contributed by atoms with E-state index in [2.05, 4.69) is 31.4 Å². The summed E-state index contributed by atoms with van der Waals surface area (Å²) >= 11 is 9.15. The first-order valence-electron chi connectivity index (χ1n) is 5.09. The summed E-state index contributed by atoms with van der Waals surface area (Å²) in [6, 6.07) is 5.03. The van der Waals surface area contributed by atoms with E-state index in [1.54, 1.807) is 24.4 Å². The minimum atomic E-state index is -0.232. The Hall–Kier alpha value is -1.53. The topological polar surface area (TPSA) is 83.8 Å². The van der Waals surface area contributed by atoms with Crippen LogP contribution in [0.5, 0.6) is 0 Å². The quantitative estimate of drug-likeness (QED) is 0.808. The first-order valence-corrected chi connectivity index (χ1v) is 6.26. The summed E-state index contributed by atoms with van der Waals surface area (Å²) in [5, 5.41) is 9.62. The Morgan fingerprint density at radius 1 is 1.56 bits per heavy atom. The molecule has 0 fully saturated rings. The van der Waals surface area contributed by atoms with Crippen molar-refractivity contribution in [1.82, 2.24) is 15.5 Å². The smallest absolute Gasteiger partial charge is 0.252 e. The van der Waals surface area contributed by atoms with Crippen molar-refractivity contribution in [3.8, 4) is 0 Å². The fraction of sp³-hybridized carbons (Fsp3) is 0.0909. The molecular weight excluding hydrogens is 320 g/mol. The molecule has 4 N–H and O–H groups in total. The molecule has 0 aliphatic carbocycles. The number of anilines is 1. The molecule has 0 unspecified atom stereocenters. The first-order chi connectivity index (χ1) is 8.58. The zero-order valence-corrected chi connectivity index (χ0v) is 11.5. The molecule has 0 atom stereocenters. The van der Waals surface area contributed by atoms with Gasteiger partial charge in [0.05, 0.1) is 11.8 Å². The molecule has 0 spiro atoms. The molecule has 1 aromatic heterocycles. The van der Waals surface area contributed by atoms with Gasteiger partial charge in [0.15, 0.2) is 0 Å². The molecule has 5 nitrogen and oxygen atoms in total. The molecule has 0 aliphatic heterocycles. The van der Waals surface area contributed by atoms with Gasteiger partial charge in [-0.05, 0) is 34.1 Å². The Bertz CT molecular complexity index is 584. The number of amides is 1. The van der Waals surface area contributed by atoms with E-state index in [1.165, 1.54) is 0 Å². The van der Waals surface area contributed by atoms with Gasteiger partial charge in [-0.3, -0.25) is 9.89 Å². The van der Waals surface area contributed by atoms with Gasteiger partial charge in [0.1, 0.15) is 5.82 Å². The van der Waals surface area contributed by atoms with Crippen molar-refractivity contribution in [3.63, 3.8) is 0 Å². The van der Waals surface area contributed by atoms with Crippen LogP contribution in [-0.2, 0) is 6.54 Å². The van der Waals surface area contributed by atoms with Gasteiger partial charge in [0, 0.05) is 21.6 Å². The number of hydrogen-bond acceptors (Lipinski definition) is 3. The molecule has 94 valence electrons. The lowest BCUT2D eigenvalue weighted by Crippen LogP contribution is -2.23. The van der Waals surface area contributed by atoms with Gasteiger partial charge in [-0.2, -0.15) is 5.10 Å². The van der Waals surface area contributed by atoms with Gasteiger partial charge in [-0.1, -0.05) is 11.6 Å². The number of H-pyrrole nitrogens is 1. The number of carbonyl (C=O) groups excluding carboxylic acids is 1. The van der Waals surface area contributed by atoms with Crippen molar-refractivity contribution in [2.45, 2.75) is 6.54 Å². The second-order valence-corrected chi connectivity index (χ2v) is 4.91. The highest BCUT2D eigenvalue weighted by Crippen LogP contribution is 2.21. The Labute approximate surface area is 117 Å². The third-order valence-electron chi connectivity index (χ3n) is 2.36. The van der Waals surface area contributed by atoms with Gasteiger partial charge in [-0.15, -0.1) is 0 Å². The number of carbonyl (C=O) groups is 1. The summed E-state index contributed by atoms with van der Waals surface area (Å²) in [7, 11) is 0. The summed E-state index contributed by atoms with van der Waals surface area (Å²) in [5.74, 6) is 0.213. The Morgan fingerprint density at radius 2 is 2.33 bits per heavy atom. The van der Waals surface area contributed by atoms with E-state index < -0.39 is 0 Å². The van der Waals surface area contributed by atoms with Crippen molar-refractivity contribution in [3.05, 3.63) is 45.0 Å². The predicted octanol–water partition coefficient (Wildman–Crippen LogP) is 2.34. The molecule has 0 saturated carbocycles. The Morgan fingerprint density at radius 3 is 3.00 bits per heavy atom. The number of nitrogens with zero attached hydrogens (tertiary/aromatic N) is 1. The van der Waals surface area contributed by atoms with Crippen LogP contribution in [0.15, 0.2) is 28.9 Å². The van der Waals surface area contributed by atoms with Crippen LogP contribution in [0, 0.1) is 0 Å². The molecule has 0 bridgehead atoms. The van der Waals surface area contributed by atoms with E-state index >= 15 is 0 Å². The molecule has 1 aromatic carbocycles. The molecule has 0 radical (unpaired) electrons. The second kappa shape index (κ2) is 5.41. The molecule has 0 aliphatic rings. The van der Waals surface area contributed by atoms with Crippen molar-refractivity contribution in [1.29, 1.82) is 0 Å². The number of nitrogens with two attached hydrogens (primary N) is 1. The van der Waals surface area contributed by atoms with E-state index in [-0.39, 0.29) is 5.91 Å². The number of aromatic nitrogens is 2. The number of nitrogens with one attached hydrogen (secondary N) is 2. The van der Waals surface area contributed by atoms with Crippen LogP contribution in [0.3, 0.4) is 0 Å². The number of nitrogen functional groups attached to an aromatic ring is 1. The summed E-state index contributed by atoms with van der Waals surface area (Å²) in [6.45, 7) is 0.306. The van der Waals surface area contributed by atoms with Crippen molar-refractivity contribution < 1.29 is 4.79 Å². The monoisotopic (exact) mass is 328 g/mol. The molecule has 2 rings (SSSR count). The second-order valence-electron chi connectivity index (χ2n) is 3.62. The normalized spacial score (nSPS) is 10.3. The lowest BCUT2D eigenvalue weighted by Gasteiger charge is -2.06. The highest BCUT2D eigenvalue weighted by Gasteiger charge is 2.11. The zero-order valence-electron chi connectivity index (χ0n) is 9.21. The molecule has 1 amide bonds. The third-order valence-corrected chi connectivity index (χ3v) is 3.29. The van der Waals surface area contributed by atoms with Crippen LogP contribution in [0.1, 0.15) is 15.9 Å². The minimum Gasteiger partial charge on any atom is -0.384 e. The third kappa shape index (κ3) is 2.83. The van der Waals surface area contributed by atoms with Gasteiger partial charge in [0.2, 0.25) is 0 Å². The van der Waals surface area contributed by atoms with Gasteiger partial charge >= 0.3 is 0 Å². The number of hydrogen-bond donors (Lipinski definition) is 3. The fourth-order valence-corrected chi connectivity index (χ4v) is 2.00. The summed E-state index contributed by atoms with van der Waals surface area (Å²) < 4.78 is 0.685. The first kappa shape index (κ1) is 12.9. The van der Waals surface area contributed by atoms with E-state index in [1.807, 2.05) is 0 Å². The van der Waals surface area contributed by atoms with E-state index in [4.69, 9.17) is 17.3 Å². The molecule has 2 aromatic rings. The van der Waals surface area contributed by atoms with E-state index in [9.17, 15) is 4.79 Å². The maximum Gasteiger partial charge on any atom is 0.252 e. The summed E-state index contributed by atoms with van der Waals surface area (Å²) in [5.41, 5.74) is 6.83. The minimum absolute atomic E-state index is 0.232. The molecule has 7 heteroatoms. The summed E-state index contributed by atoms with van der Waals surface area (Å²) in [6.07, 6.45) is 1.57. The Kier molecular flexibility index (Phi) is 3.88. The van der Waals surface area contributed by atoms with Crippen molar-refractivity contribution in [2.75, 3.05) is 5.73 Å². The van der Waals surface area contributed by atoms with Crippen molar-refractivity contribution in [2.24, 2.45) is 0 Å². The summed E-state index contributed by atoms with van der Waals surface area (Å²) in [4.78, 5) is 12.0. The fourth-order valence-electron chi connectivity index (χ4n) is 1.40. The number of halogens is 2.